The molecule has 2 aromatic heterocycles. The largest absolute Gasteiger partial charge is 0.308 e. The van der Waals surface area contributed by atoms with Crippen LogP contribution in [0.4, 0.5) is 34.1 Å². The lowest BCUT2D eigenvalue weighted by atomic mass is 9.88. The smallest absolute Gasteiger partial charge is 0.160 e. The van der Waals surface area contributed by atoms with Gasteiger partial charge in [-0.15, -0.1) is 0 Å². The molecule has 0 aliphatic rings. The van der Waals surface area contributed by atoms with Crippen LogP contribution < -0.4 is 9.80 Å². The van der Waals surface area contributed by atoms with Gasteiger partial charge in [0.25, 0.3) is 0 Å². The lowest BCUT2D eigenvalue weighted by Gasteiger charge is -2.25. The molecule has 264 valence electrons. The summed E-state index contributed by atoms with van der Waals surface area (Å²) in [6, 6.07) is 62.6. The van der Waals surface area contributed by atoms with E-state index in [2.05, 4.69) is 119 Å². The van der Waals surface area contributed by atoms with E-state index in [4.69, 9.17) is 19.9 Å². The first kappa shape index (κ1) is 32.9. The average molecular weight is 719 g/mol. The molecular weight excluding hydrogens is 685 g/mol. The van der Waals surface area contributed by atoms with Crippen LogP contribution in [-0.2, 0) is 0 Å². The fourth-order valence-corrected chi connectivity index (χ4v) is 7.76. The number of para-hydroxylation sites is 4. The van der Waals surface area contributed by atoms with Crippen molar-refractivity contribution in [3.8, 4) is 22.8 Å². The van der Waals surface area contributed by atoms with Crippen molar-refractivity contribution in [3.05, 3.63) is 207 Å². The van der Waals surface area contributed by atoms with Crippen LogP contribution in [0.3, 0.4) is 0 Å². The van der Waals surface area contributed by atoms with Crippen molar-refractivity contribution >= 4 is 66.4 Å². The number of anilines is 6. The van der Waals surface area contributed by atoms with Crippen molar-refractivity contribution in [2.75, 3.05) is 9.80 Å². The van der Waals surface area contributed by atoms with E-state index in [0.29, 0.717) is 11.6 Å². The van der Waals surface area contributed by atoms with Gasteiger partial charge in [-0.1, -0.05) is 133 Å². The number of rotatable bonds is 8. The second-order valence-electron chi connectivity index (χ2n) is 13.5. The van der Waals surface area contributed by atoms with Gasteiger partial charge < -0.3 is 9.80 Å². The molecule has 8 aromatic carbocycles. The Hall–Kier alpha value is -7.70. The third kappa shape index (κ3) is 5.86. The highest BCUT2D eigenvalue weighted by molar-refractivity contribution is 6.27. The maximum atomic E-state index is 5.13. The minimum Gasteiger partial charge on any atom is -0.308 e. The Labute approximate surface area is 324 Å². The normalized spacial score (nSPS) is 11.2. The summed E-state index contributed by atoms with van der Waals surface area (Å²) in [7, 11) is 0. The van der Waals surface area contributed by atoms with Crippen LogP contribution in [0.2, 0.25) is 0 Å². The fourth-order valence-electron chi connectivity index (χ4n) is 7.76. The van der Waals surface area contributed by atoms with E-state index in [-0.39, 0.29) is 0 Å². The summed E-state index contributed by atoms with van der Waals surface area (Å²) < 4.78 is 0. The van der Waals surface area contributed by atoms with Gasteiger partial charge in [-0.05, 0) is 75.5 Å². The number of benzene rings is 8. The van der Waals surface area contributed by atoms with Crippen molar-refractivity contribution in [3.63, 3.8) is 0 Å². The number of hydrogen-bond donors (Lipinski definition) is 0. The summed E-state index contributed by atoms with van der Waals surface area (Å²) >= 11 is 0. The van der Waals surface area contributed by atoms with Crippen molar-refractivity contribution in [2.45, 2.75) is 0 Å². The molecule has 0 unspecified atom stereocenters. The zero-order valence-electron chi connectivity index (χ0n) is 30.3. The molecule has 10 aromatic rings. The van der Waals surface area contributed by atoms with Gasteiger partial charge in [0.15, 0.2) is 11.6 Å². The first-order valence-electron chi connectivity index (χ1n) is 18.6. The standard InChI is InChI=1S/C50H34N6/c1-5-18-36(19-6-1)55(37-20-7-2-8-21-37)40-31-51-49(52-32-40)47-43-27-15-16-28-44(43)48(46-42-26-14-13-17-35(42)29-30-45(46)47)50-53-33-41(34-54-50)56(38-22-9-3-10-23-38)39-24-11-4-12-25-39/h1-34H. The molecule has 0 atom stereocenters. The maximum Gasteiger partial charge on any atom is 0.160 e. The van der Waals surface area contributed by atoms with Crippen LogP contribution in [-0.4, -0.2) is 19.9 Å². The molecule has 0 N–H and O–H groups in total. The van der Waals surface area contributed by atoms with Crippen LogP contribution in [0.1, 0.15) is 0 Å². The van der Waals surface area contributed by atoms with E-state index in [0.717, 1.165) is 77.6 Å². The Morgan fingerprint density at radius 1 is 0.268 bits per heavy atom. The van der Waals surface area contributed by atoms with E-state index in [1.165, 1.54) is 0 Å². The maximum absolute atomic E-state index is 5.13. The lowest BCUT2D eigenvalue weighted by Crippen LogP contribution is -2.11. The number of hydrogen-bond acceptors (Lipinski definition) is 6. The highest BCUT2D eigenvalue weighted by Crippen LogP contribution is 2.45. The molecule has 56 heavy (non-hydrogen) atoms. The van der Waals surface area contributed by atoms with Gasteiger partial charge in [-0.25, -0.2) is 19.9 Å². The predicted molar refractivity (Wildman–Crippen MR) is 230 cm³/mol. The molecular formula is C50H34N6. The molecule has 0 spiro atoms. The summed E-state index contributed by atoms with van der Waals surface area (Å²) in [6.07, 6.45) is 7.69. The third-order valence-corrected chi connectivity index (χ3v) is 10.2. The van der Waals surface area contributed by atoms with E-state index in [1.54, 1.807) is 0 Å². The number of nitrogens with zero attached hydrogens (tertiary/aromatic N) is 6. The van der Waals surface area contributed by atoms with Crippen molar-refractivity contribution in [2.24, 2.45) is 0 Å². The highest BCUT2D eigenvalue weighted by Gasteiger charge is 2.23. The molecule has 0 aliphatic carbocycles. The van der Waals surface area contributed by atoms with Crippen molar-refractivity contribution < 1.29 is 0 Å². The lowest BCUT2D eigenvalue weighted by molar-refractivity contribution is 1.14. The van der Waals surface area contributed by atoms with Crippen LogP contribution in [0.15, 0.2) is 207 Å². The van der Waals surface area contributed by atoms with Gasteiger partial charge in [-0.3, -0.25) is 0 Å². The molecule has 0 radical (unpaired) electrons. The molecule has 0 saturated heterocycles. The first-order valence-corrected chi connectivity index (χ1v) is 18.6. The molecule has 0 saturated carbocycles. The van der Waals surface area contributed by atoms with Crippen molar-refractivity contribution in [1.29, 1.82) is 0 Å². The highest BCUT2D eigenvalue weighted by atomic mass is 15.2. The van der Waals surface area contributed by atoms with E-state index >= 15 is 0 Å². The zero-order chi connectivity index (χ0) is 37.3. The molecule has 0 amide bonds. The third-order valence-electron chi connectivity index (χ3n) is 10.2. The van der Waals surface area contributed by atoms with E-state index in [9.17, 15) is 0 Å². The number of aromatic nitrogens is 4. The van der Waals surface area contributed by atoms with Gasteiger partial charge >= 0.3 is 0 Å². The Balaban J connectivity index is 1.16. The van der Waals surface area contributed by atoms with Crippen LogP contribution in [0.5, 0.6) is 0 Å². The summed E-state index contributed by atoms with van der Waals surface area (Å²) in [5.41, 5.74) is 7.81. The topological polar surface area (TPSA) is 58.0 Å². The van der Waals surface area contributed by atoms with Crippen LogP contribution in [0, 0.1) is 0 Å². The first-order chi connectivity index (χ1) is 27.8. The quantitative estimate of drug-likeness (QED) is 0.115. The Morgan fingerprint density at radius 3 is 1.07 bits per heavy atom. The zero-order valence-corrected chi connectivity index (χ0v) is 30.3. The second kappa shape index (κ2) is 14.3. The van der Waals surface area contributed by atoms with Gasteiger partial charge in [-0.2, -0.15) is 0 Å². The van der Waals surface area contributed by atoms with Gasteiger partial charge in [0.2, 0.25) is 0 Å². The van der Waals surface area contributed by atoms with Crippen molar-refractivity contribution in [1.82, 2.24) is 19.9 Å². The summed E-state index contributed by atoms with van der Waals surface area (Å²) in [5, 5.41) is 6.42. The summed E-state index contributed by atoms with van der Waals surface area (Å²) in [6.45, 7) is 0. The Kier molecular flexibility index (Phi) is 8.39. The molecule has 0 fully saturated rings. The molecule has 0 aliphatic heterocycles. The number of fused-ring (bicyclic) bond motifs is 4. The van der Waals surface area contributed by atoms with Gasteiger partial charge in [0, 0.05) is 39.3 Å². The van der Waals surface area contributed by atoms with E-state index < -0.39 is 0 Å². The van der Waals surface area contributed by atoms with Crippen LogP contribution >= 0.6 is 0 Å². The minimum absolute atomic E-state index is 0.649. The average Bonchev–Trinajstić information content (AvgIpc) is 3.28. The molecule has 0 bridgehead atoms. The monoisotopic (exact) mass is 718 g/mol. The Morgan fingerprint density at radius 2 is 0.625 bits per heavy atom. The fraction of sp³-hybridized carbons (Fsp3) is 0. The predicted octanol–water partition coefficient (Wildman–Crippen LogP) is 13.0. The summed E-state index contributed by atoms with van der Waals surface area (Å²) in [5.74, 6) is 1.30. The molecule has 6 heteroatoms. The van der Waals surface area contributed by atoms with Gasteiger partial charge in [0.1, 0.15) is 0 Å². The van der Waals surface area contributed by atoms with E-state index in [1.807, 2.05) is 97.6 Å². The molecule has 2 heterocycles. The van der Waals surface area contributed by atoms with Crippen LogP contribution in [0.25, 0.3) is 55.1 Å². The second-order valence-corrected chi connectivity index (χ2v) is 13.5. The van der Waals surface area contributed by atoms with Gasteiger partial charge in [0.05, 0.1) is 36.2 Å². The Bertz CT molecular complexity index is 2860. The summed E-state index contributed by atoms with van der Waals surface area (Å²) in [4.78, 5) is 24.8. The minimum atomic E-state index is 0.649. The molecule has 10 rings (SSSR count). The molecule has 6 nitrogen and oxygen atoms in total. The SMILES string of the molecule is c1ccc(N(c2ccccc2)c2cnc(-c3c4ccccc4c(-c4ncc(N(c5ccccc5)c5ccccc5)cn4)c4c3ccc3ccccc34)nc2)cc1.